The lowest BCUT2D eigenvalue weighted by atomic mass is 10.2. The summed E-state index contributed by atoms with van der Waals surface area (Å²) in [5, 5.41) is 20.7. The molecule has 0 aliphatic heterocycles. The topological polar surface area (TPSA) is 102 Å². The van der Waals surface area contributed by atoms with Crippen molar-refractivity contribution in [1.82, 2.24) is 19.6 Å². The fourth-order valence-corrected chi connectivity index (χ4v) is 2.96. The van der Waals surface area contributed by atoms with Crippen LogP contribution in [-0.2, 0) is 17.9 Å². The molecule has 0 atom stereocenters. The van der Waals surface area contributed by atoms with E-state index in [-0.39, 0.29) is 18.7 Å². The molecule has 0 bridgehead atoms. The van der Waals surface area contributed by atoms with Crippen LogP contribution in [0.3, 0.4) is 0 Å². The first-order valence-electron chi connectivity index (χ1n) is 7.95. The molecule has 140 valence electrons. The molecule has 0 fully saturated rings. The van der Waals surface area contributed by atoms with Crippen molar-refractivity contribution in [1.29, 1.82) is 0 Å². The lowest BCUT2D eigenvalue weighted by Crippen LogP contribution is -2.19. The number of aromatic nitrogens is 4. The van der Waals surface area contributed by atoms with Crippen molar-refractivity contribution in [2.75, 3.05) is 5.32 Å². The molecule has 0 saturated heterocycles. The van der Waals surface area contributed by atoms with Gasteiger partial charge in [0.15, 0.2) is 5.82 Å². The van der Waals surface area contributed by atoms with Gasteiger partial charge >= 0.3 is 5.97 Å². The summed E-state index contributed by atoms with van der Waals surface area (Å²) in [6.07, 6.45) is 3.00. The highest BCUT2D eigenvalue weighted by Gasteiger charge is 2.15. The maximum atomic E-state index is 12.4. The number of carbonyl (C=O) groups is 2. The van der Waals surface area contributed by atoms with E-state index < -0.39 is 11.9 Å². The number of aliphatic carboxylic acids is 1. The van der Waals surface area contributed by atoms with Crippen molar-refractivity contribution in [3.05, 3.63) is 64.0 Å². The molecule has 0 spiro atoms. The Kier molecular flexibility index (Phi) is 5.78. The maximum absolute atomic E-state index is 12.4. The summed E-state index contributed by atoms with van der Waals surface area (Å²) in [6.45, 7) is 0.454. The fourth-order valence-electron chi connectivity index (χ4n) is 2.45. The second-order valence-electron chi connectivity index (χ2n) is 5.64. The van der Waals surface area contributed by atoms with E-state index in [0.29, 0.717) is 22.4 Å². The average molecular weight is 408 g/mol. The summed E-state index contributed by atoms with van der Waals surface area (Å²) in [6, 6.07) is 8.40. The number of hydrogen-bond donors (Lipinski definition) is 2. The van der Waals surface area contributed by atoms with Crippen LogP contribution in [0.25, 0.3) is 0 Å². The van der Waals surface area contributed by atoms with Gasteiger partial charge in [0.05, 0.1) is 19.5 Å². The van der Waals surface area contributed by atoms with E-state index in [9.17, 15) is 9.59 Å². The molecule has 0 unspecified atom stereocenters. The van der Waals surface area contributed by atoms with E-state index in [1.807, 2.05) is 0 Å². The molecule has 1 aromatic carbocycles. The molecule has 0 aliphatic rings. The van der Waals surface area contributed by atoms with Crippen LogP contribution >= 0.6 is 23.2 Å². The van der Waals surface area contributed by atoms with E-state index in [0.717, 1.165) is 5.56 Å². The normalized spacial score (nSPS) is 10.7. The Balaban J connectivity index is 1.68. The molecule has 2 heterocycles. The number of amides is 1. The third-order valence-corrected chi connectivity index (χ3v) is 4.46. The molecule has 0 radical (unpaired) electrons. The molecule has 3 rings (SSSR count). The van der Waals surface area contributed by atoms with Crippen LogP contribution in [0.4, 0.5) is 5.82 Å². The highest BCUT2D eigenvalue weighted by atomic mass is 35.5. The third kappa shape index (κ3) is 4.66. The molecule has 27 heavy (non-hydrogen) atoms. The number of benzene rings is 1. The van der Waals surface area contributed by atoms with Crippen LogP contribution in [-0.4, -0.2) is 36.5 Å². The van der Waals surface area contributed by atoms with Crippen LogP contribution in [0, 0.1) is 0 Å². The number of hydrogen-bond acceptors (Lipinski definition) is 4. The zero-order valence-electron chi connectivity index (χ0n) is 14.0. The first kappa shape index (κ1) is 18.9. The molecule has 2 N–H and O–H groups in total. The lowest BCUT2D eigenvalue weighted by molar-refractivity contribution is -0.137. The number of nitrogens with zero attached hydrogens (tertiary/aromatic N) is 4. The van der Waals surface area contributed by atoms with Crippen molar-refractivity contribution >= 4 is 40.9 Å². The van der Waals surface area contributed by atoms with Gasteiger partial charge in [0.2, 0.25) is 0 Å². The van der Waals surface area contributed by atoms with Crippen molar-refractivity contribution in [3.8, 4) is 0 Å². The minimum absolute atomic E-state index is 0.102. The van der Waals surface area contributed by atoms with E-state index in [1.54, 1.807) is 35.1 Å². The monoisotopic (exact) mass is 407 g/mol. The fraction of sp³-hybridized carbons (Fsp3) is 0.176. The Morgan fingerprint density at radius 3 is 2.59 bits per heavy atom. The van der Waals surface area contributed by atoms with Gasteiger partial charge < -0.3 is 10.4 Å². The highest BCUT2D eigenvalue weighted by molar-refractivity contribution is 6.35. The maximum Gasteiger partial charge on any atom is 0.305 e. The third-order valence-electron chi connectivity index (χ3n) is 3.75. The van der Waals surface area contributed by atoms with Gasteiger partial charge in [0.25, 0.3) is 5.91 Å². The van der Waals surface area contributed by atoms with Crippen molar-refractivity contribution in [2.24, 2.45) is 0 Å². The van der Waals surface area contributed by atoms with Crippen LogP contribution in [0.5, 0.6) is 0 Å². The molecule has 2 aromatic heterocycles. The molecule has 8 nitrogen and oxygen atoms in total. The van der Waals surface area contributed by atoms with E-state index in [1.165, 1.54) is 16.9 Å². The standard InChI is InChI=1S/C17H15Cl2N5O3/c18-12-2-1-3-13(19)11(12)10-23-8-5-15(22-23)21-17(27)14-4-7-20-24(14)9-6-16(25)26/h1-5,7-8H,6,9-10H2,(H,25,26)(H,21,22,27). The Bertz CT molecular complexity index is 962. The first-order valence-corrected chi connectivity index (χ1v) is 8.71. The SMILES string of the molecule is O=C(O)CCn1nccc1C(=O)Nc1ccn(Cc2c(Cl)cccc2Cl)n1. The summed E-state index contributed by atoms with van der Waals surface area (Å²) in [7, 11) is 0. The van der Waals surface area contributed by atoms with Gasteiger partial charge in [-0.25, -0.2) is 0 Å². The molecule has 3 aromatic rings. The van der Waals surface area contributed by atoms with Gasteiger partial charge in [-0.05, 0) is 18.2 Å². The number of carboxylic acid groups (broad SMARTS) is 1. The van der Waals surface area contributed by atoms with Crippen LogP contribution in [0.2, 0.25) is 10.0 Å². The van der Waals surface area contributed by atoms with Crippen molar-refractivity contribution in [3.63, 3.8) is 0 Å². The quantitative estimate of drug-likeness (QED) is 0.625. The van der Waals surface area contributed by atoms with Gasteiger partial charge in [-0.2, -0.15) is 10.2 Å². The number of rotatable bonds is 7. The van der Waals surface area contributed by atoms with Crippen LogP contribution < -0.4 is 5.32 Å². The largest absolute Gasteiger partial charge is 0.481 e. The Labute approximate surface area is 164 Å². The van der Waals surface area contributed by atoms with Gasteiger partial charge in [-0.3, -0.25) is 19.0 Å². The number of anilines is 1. The van der Waals surface area contributed by atoms with Crippen molar-refractivity contribution in [2.45, 2.75) is 19.5 Å². The second kappa shape index (κ2) is 8.24. The minimum Gasteiger partial charge on any atom is -0.481 e. The molecular formula is C17H15Cl2N5O3. The van der Waals surface area contributed by atoms with Gasteiger partial charge in [0, 0.05) is 34.1 Å². The number of aryl methyl sites for hydroxylation is 1. The number of halogens is 2. The molecule has 0 aliphatic carbocycles. The lowest BCUT2D eigenvalue weighted by Gasteiger charge is -2.07. The van der Waals surface area contributed by atoms with Gasteiger partial charge in [-0.1, -0.05) is 29.3 Å². The van der Waals surface area contributed by atoms with Gasteiger partial charge in [-0.15, -0.1) is 0 Å². The zero-order chi connectivity index (χ0) is 19.4. The molecule has 10 heteroatoms. The van der Waals surface area contributed by atoms with E-state index in [4.69, 9.17) is 28.3 Å². The molecule has 1 amide bonds. The first-order chi connectivity index (χ1) is 12.9. The average Bonchev–Trinajstić information content (AvgIpc) is 3.25. The minimum atomic E-state index is -0.964. The molecule has 0 saturated carbocycles. The Morgan fingerprint density at radius 2 is 1.89 bits per heavy atom. The summed E-state index contributed by atoms with van der Waals surface area (Å²) in [5.74, 6) is -1.05. The highest BCUT2D eigenvalue weighted by Crippen LogP contribution is 2.25. The number of carboxylic acids is 1. The van der Waals surface area contributed by atoms with Crippen LogP contribution in [0.15, 0.2) is 42.7 Å². The molecular weight excluding hydrogens is 393 g/mol. The predicted molar refractivity (Wildman–Crippen MR) is 100 cm³/mol. The second-order valence-corrected chi connectivity index (χ2v) is 6.45. The summed E-state index contributed by atoms with van der Waals surface area (Å²) in [5.41, 5.74) is 0.980. The number of carbonyl (C=O) groups excluding carboxylic acids is 1. The van der Waals surface area contributed by atoms with Crippen LogP contribution in [0.1, 0.15) is 22.5 Å². The van der Waals surface area contributed by atoms with Gasteiger partial charge in [0.1, 0.15) is 5.69 Å². The predicted octanol–water partition coefficient (Wildman–Crippen LogP) is 3.16. The smallest absolute Gasteiger partial charge is 0.305 e. The Hall–Kier alpha value is -2.84. The Morgan fingerprint density at radius 1 is 1.15 bits per heavy atom. The van der Waals surface area contributed by atoms with E-state index >= 15 is 0 Å². The van der Waals surface area contributed by atoms with Crippen molar-refractivity contribution < 1.29 is 14.7 Å². The zero-order valence-corrected chi connectivity index (χ0v) is 15.5. The summed E-state index contributed by atoms with van der Waals surface area (Å²) < 4.78 is 2.94. The number of nitrogens with one attached hydrogen (secondary N) is 1. The summed E-state index contributed by atoms with van der Waals surface area (Å²) >= 11 is 12.3. The van der Waals surface area contributed by atoms with E-state index in [2.05, 4.69) is 15.5 Å². The summed E-state index contributed by atoms with van der Waals surface area (Å²) in [4.78, 5) is 23.1.